The summed E-state index contributed by atoms with van der Waals surface area (Å²) in [7, 11) is 0. The van der Waals surface area contributed by atoms with Crippen LogP contribution in [0.25, 0.3) is 0 Å². The molecule has 0 aliphatic heterocycles. The molecule has 2 amide bonds. The fraction of sp³-hybridized carbons (Fsp3) is 0.500. The Morgan fingerprint density at radius 3 is 2.37 bits per heavy atom. The summed E-state index contributed by atoms with van der Waals surface area (Å²) >= 11 is 1.65. The highest BCUT2D eigenvalue weighted by Crippen LogP contribution is 2.18. The highest BCUT2D eigenvalue weighted by atomic mass is 32.2. The molecule has 0 spiro atoms. The molecule has 1 rings (SSSR count). The number of thioether (sulfide) groups is 1. The maximum atomic E-state index is 11.6. The lowest BCUT2D eigenvalue weighted by Gasteiger charge is -2.21. The third kappa shape index (κ3) is 5.98. The molecule has 0 bridgehead atoms. The minimum atomic E-state index is -0.693. The first-order valence-corrected chi connectivity index (χ1v) is 7.42. The van der Waals surface area contributed by atoms with Gasteiger partial charge in [-0.15, -0.1) is 11.8 Å². The van der Waals surface area contributed by atoms with Gasteiger partial charge in [-0.25, -0.2) is 4.79 Å². The largest absolute Gasteiger partial charge is 0.387 e. The number of hydrogen-bond donors (Lipinski definition) is 3. The molecule has 0 radical (unpaired) electrons. The number of urea groups is 1. The molecule has 0 aromatic heterocycles. The number of rotatable bonds is 4. The van der Waals surface area contributed by atoms with Crippen molar-refractivity contribution < 1.29 is 9.90 Å². The topological polar surface area (TPSA) is 61.4 Å². The average Bonchev–Trinajstić information content (AvgIpc) is 2.34. The third-order valence-corrected chi connectivity index (χ3v) is 3.19. The van der Waals surface area contributed by atoms with Gasteiger partial charge in [0, 0.05) is 17.0 Å². The van der Waals surface area contributed by atoms with E-state index in [1.165, 1.54) is 0 Å². The lowest BCUT2D eigenvalue weighted by Crippen LogP contribution is -2.47. The number of aliphatic hydroxyl groups is 1. The van der Waals surface area contributed by atoms with Crippen molar-refractivity contribution in [3.63, 3.8) is 0 Å². The number of carbonyl (C=O) groups is 1. The van der Waals surface area contributed by atoms with Gasteiger partial charge in [0.05, 0.1) is 6.10 Å². The van der Waals surface area contributed by atoms with E-state index in [2.05, 4.69) is 10.6 Å². The smallest absolute Gasteiger partial charge is 0.315 e. The first-order chi connectivity index (χ1) is 8.81. The second kappa shape index (κ2) is 6.82. The number of aliphatic hydroxyl groups excluding tert-OH is 1. The van der Waals surface area contributed by atoms with Crippen LogP contribution in [-0.2, 0) is 0 Å². The zero-order valence-electron chi connectivity index (χ0n) is 11.9. The predicted molar refractivity (Wildman–Crippen MR) is 79.5 cm³/mol. The van der Waals surface area contributed by atoms with Gasteiger partial charge in [0.25, 0.3) is 0 Å². The number of hydrogen-bond acceptors (Lipinski definition) is 3. The molecule has 19 heavy (non-hydrogen) atoms. The Kier molecular flexibility index (Phi) is 5.69. The number of nitrogens with one attached hydrogen (secondary N) is 2. The lowest BCUT2D eigenvalue weighted by molar-refractivity contribution is 0.171. The van der Waals surface area contributed by atoms with Gasteiger partial charge in [0.2, 0.25) is 0 Å². The second-order valence-electron chi connectivity index (χ2n) is 5.37. The fourth-order valence-electron chi connectivity index (χ4n) is 1.52. The van der Waals surface area contributed by atoms with Crippen LogP contribution < -0.4 is 10.6 Å². The highest BCUT2D eigenvalue weighted by Gasteiger charge is 2.14. The monoisotopic (exact) mass is 282 g/mol. The quantitative estimate of drug-likeness (QED) is 0.744. The first kappa shape index (κ1) is 15.9. The van der Waals surface area contributed by atoms with E-state index in [1.807, 2.05) is 51.3 Å². The molecule has 0 aliphatic rings. The molecule has 0 heterocycles. The van der Waals surface area contributed by atoms with Crippen molar-refractivity contribution in [3.05, 3.63) is 29.8 Å². The molecule has 0 fully saturated rings. The van der Waals surface area contributed by atoms with Crippen molar-refractivity contribution in [1.29, 1.82) is 0 Å². The molecule has 0 saturated heterocycles. The first-order valence-electron chi connectivity index (χ1n) is 6.20. The van der Waals surface area contributed by atoms with Gasteiger partial charge < -0.3 is 15.7 Å². The summed E-state index contributed by atoms with van der Waals surface area (Å²) in [6, 6.07) is 7.39. The van der Waals surface area contributed by atoms with Crippen molar-refractivity contribution in [1.82, 2.24) is 10.6 Å². The van der Waals surface area contributed by atoms with Gasteiger partial charge >= 0.3 is 6.03 Å². The third-order valence-electron chi connectivity index (χ3n) is 2.45. The molecule has 1 aromatic carbocycles. The molecule has 5 heteroatoms. The summed E-state index contributed by atoms with van der Waals surface area (Å²) in [6.07, 6.45) is 1.31. The van der Waals surface area contributed by atoms with Crippen molar-refractivity contribution >= 4 is 17.8 Å². The minimum absolute atomic E-state index is 0.195. The Bertz CT molecular complexity index is 412. The molecule has 1 atom stereocenters. The van der Waals surface area contributed by atoms with Gasteiger partial charge in [0.1, 0.15) is 0 Å². The van der Waals surface area contributed by atoms with E-state index in [-0.39, 0.29) is 18.1 Å². The van der Waals surface area contributed by atoms with Crippen LogP contribution in [0.1, 0.15) is 32.4 Å². The van der Waals surface area contributed by atoms with Crippen molar-refractivity contribution in [3.8, 4) is 0 Å². The van der Waals surface area contributed by atoms with Crippen LogP contribution >= 0.6 is 11.8 Å². The Balaban J connectivity index is 2.46. The van der Waals surface area contributed by atoms with Crippen molar-refractivity contribution in [2.75, 3.05) is 12.8 Å². The maximum absolute atomic E-state index is 11.6. The summed E-state index contributed by atoms with van der Waals surface area (Å²) in [5.41, 5.74) is 0.517. The van der Waals surface area contributed by atoms with E-state index >= 15 is 0 Å². The zero-order chi connectivity index (χ0) is 14.5. The Hall–Kier alpha value is -1.20. The highest BCUT2D eigenvalue weighted by molar-refractivity contribution is 7.98. The molecule has 4 nitrogen and oxygen atoms in total. The SMILES string of the molecule is CSc1ccc(C(O)CNC(=O)NC(C)(C)C)cc1. The zero-order valence-corrected chi connectivity index (χ0v) is 12.7. The summed E-state index contributed by atoms with van der Waals surface area (Å²) in [4.78, 5) is 12.7. The van der Waals surface area contributed by atoms with Crippen LogP contribution in [0.15, 0.2) is 29.2 Å². The number of carbonyl (C=O) groups excluding carboxylic acids is 1. The number of amides is 2. The Morgan fingerprint density at radius 2 is 1.89 bits per heavy atom. The predicted octanol–water partition coefficient (Wildman–Crippen LogP) is 2.54. The van der Waals surface area contributed by atoms with Crippen LogP contribution in [0, 0.1) is 0 Å². The molecule has 106 valence electrons. The van der Waals surface area contributed by atoms with Crippen LogP contribution in [-0.4, -0.2) is 29.5 Å². The van der Waals surface area contributed by atoms with E-state index in [0.717, 1.165) is 10.5 Å². The van der Waals surface area contributed by atoms with E-state index in [0.29, 0.717) is 0 Å². The van der Waals surface area contributed by atoms with Crippen LogP contribution in [0.4, 0.5) is 4.79 Å². The summed E-state index contributed by atoms with van der Waals surface area (Å²) < 4.78 is 0. The molecule has 1 unspecified atom stereocenters. The van der Waals surface area contributed by atoms with E-state index in [1.54, 1.807) is 11.8 Å². The van der Waals surface area contributed by atoms with Gasteiger partial charge in [0.15, 0.2) is 0 Å². The second-order valence-corrected chi connectivity index (χ2v) is 6.25. The Labute approximate surface area is 119 Å². The van der Waals surface area contributed by atoms with E-state index in [4.69, 9.17) is 0 Å². The van der Waals surface area contributed by atoms with Crippen LogP contribution in [0.5, 0.6) is 0 Å². The normalized spacial score (nSPS) is 12.9. The van der Waals surface area contributed by atoms with Gasteiger partial charge in [-0.1, -0.05) is 12.1 Å². The summed E-state index contributed by atoms with van der Waals surface area (Å²) in [5, 5.41) is 15.4. The van der Waals surface area contributed by atoms with E-state index < -0.39 is 6.10 Å². The molecular formula is C14H22N2O2S. The summed E-state index contributed by atoms with van der Waals surface area (Å²) in [5.74, 6) is 0. The number of benzene rings is 1. The fourth-order valence-corrected chi connectivity index (χ4v) is 1.93. The maximum Gasteiger partial charge on any atom is 0.315 e. The molecular weight excluding hydrogens is 260 g/mol. The van der Waals surface area contributed by atoms with Gasteiger partial charge in [-0.05, 0) is 44.7 Å². The standard InChI is InChI=1S/C14H22N2O2S/c1-14(2,3)16-13(18)15-9-12(17)10-5-7-11(19-4)8-6-10/h5-8,12,17H,9H2,1-4H3,(H2,15,16,18). The average molecular weight is 282 g/mol. The Morgan fingerprint density at radius 1 is 1.32 bits per heavy atom. The van der Waals surface area contributed by atoms with Gasteiger partial charge in [-0.3, -0.25) is 0 Å². The minimum Gasteiger partial charge on any atom is -0.387 e. The van der Waals surface area contributed by atoms with Gasteiger partial charge in [-0.2, -0.15) is 0 Å². The van der Waals surface area contributed by atoms with Crippen LogP contribution in [0.2, 0.25) is 0 Å². The molecule has 3 N–H and O–H groups in total. The molecule has 0 aliphatic carbocycles. The lowest BCUT2D eigenvalue weighted by atomic mass is 10.1. The summed E-state index contributed by atoms with van der Waals surface area (Å²) in [6.45, 7) is 5.92. The van der Waals surface area contributed by atoms with E-state index in [9.17, 15) is 9.90 Å². The van der Waals surface area contributed by atoms with Crippen molar-refractivity contribution in [2.45, 2.75) is 37.3 Å². The molecule has 1 aromatic rings. The van der Waals surface area contributed by atoms with Crippen molar-refractivity contribution in [2.24, 2.45) is 0 Å². The molecule has 0 saturated carbocycles. The van der Waals surface area contributed by atoms with Crippen LogP contribution in [0.3, 0.4) is 0 Å².